The maximum atomic E-state index is 12.2. The van der Waals surface area contributed by atoms with Gasteiger partial charge in [-0.2, -0.15) is 0 Å². The van der Waals surface area contributed by atoms with Gasteiger partial charge in [0.1, 0.15) is 10.2 Å². The first-order chi connectivity index (χ1) is 10.8. The lowest BCUT2D eigenvalue weighted by Crippen LogP contribution is -2.42. The van der Waals surface area contributed by atoms with Gasteiger partial charge in [-0.05, 0) is 48.8 Å². The number of carbonyl (C=O) groups is 1. The van der Waals surface area contributed by atoms with Crippen LogP contribution in [0.2, 0.25) is 0 Å². The van der Waals surface area contributed by atoms with Crippen LogP contribution in [0, 0.1) is 0 Å². The molecule has 0 atom stereocenters. The molecule has 0 aromatic carbocycles. The number of amides is 1. The van der Waals surface area contributed by atoms with Crippen LogP contribution in [0.5, 0.6) is 0 Å². The highest BCUT2D eigenvalue weighted by Crippen LogP contribution is 2.10. The van der Waals surface area contributed by atoms with Crippen molar-refractivity contribution in [3.8, 4) is 0 Å². The third-order valence-corrected chi connectivity index (χ3v) is 3.30. The first-order valence-corrected chi connectivity index (χ1v) is 8.40. The van der Waals surface area contributed by atoms with E-state index in [4.69, 9.17) is 9.47 Å². The van der Waals surface area contributed by atoms with E-state index in [1.54, 1.807) is 12.0 Å². The van der Waals surface area contributed by atoms with E-state index >= 15 is 0 Å². The van der Waals surface area contributed by atoms with Crippen molar-refractivity contribution in [3.63, 3.8) is 0 Å². The van der Waals surface area contributed by atoms with E-state index in [1.165, 1.54) is 0 Å². The van der Waals surface area contributed by atoms with E-state index in [0.717, 1.165) is 10.3 Å². The maximum Gasteiger partial charge on any atom is 0.410 e. The van der Waals surface area contributed by atoms with Crippen LogP contribution in [0.15, 0.2) is 22.8 Å². The van der Waals surface area contributed by atoms with Crippen LogP contribution in [0.25, 0.3) is 0 Å². The molecule has 23 heavy (non-hydrogen) atoms. The molecule has 1 heterocycles. The van der Waals surface area contributed by atoms with Gasteiger partial charge < -0.3 is 19.7 Å². The lowest BCUT2D eigenvalue weighted by Gasteiger charge is -2.27. The molecule has 0 radical (unpaired) electrons. The summed E-state index contributed by atoms with van der Waals surface area (Å²) in [5.74, 6) is 0. The average Bonchev–Trinajstić information content (AvgIpc) is 2.44. The Bertz CT molecular complexity index is 492. The van der Waals surface area contributed by atoms with Gasteiger partial charge in [-0.3, -0.25) is 0 Å². The van der Waals surface area contributed by atoms with Crippen molar-refractivity contribution in [2.45, 2.75) is 32.9 Å². The van der Waals surface area contributed by atoms with E-state index in [1.807, 2.05) is 39.0 Å². The fourth-order valence-corrected chi connectivity index (χ4v) is 2.18. The van der Waals surface area contributed by atoms with Gasteiger partial charge in [0, 0.05) is 33.3 Å². The Labute approximate surface area is 146 Å². The summed E-state index contributed by atoms with van der Waals surface area (Å²) in [7, 11) is 1.62. The van der Waals surface area contributed by atoms with E-state index in [0.29, 0.717) is 32.8 Å². The van der Waals surface area contributed by atoms with E-state index in [2.05, 4.69) is 26.2 Å². The Kier molecular flexibility index (Phi) is 8.51. The highest BCUT2D eigenvalue weighted by atomic mass is 79.9. The molecule has 6 nitrogen and oxygen atoms in total. The third-order valence-electron chi connectivity index (χ3n) is 2.85. The van der Waals surface area contributed by atoms with Crippen molar-refractivity contribution in [1.82, 2.24) is 15.2 Å². The largest absolute Gasteiger partial charge is 0.444 e. The Morgan fingerprint density at radius 1 is 1.35 bits per heavy atom. The van der Waals surface area contributed by atoms with Crippen LogP contribution >= 0.6 is 15.9 Å². The monoisotopic (exact) mass is 387 g/mol. The summed E-state index contributed by atoms with van der Waals surface area (Å²) in [4.78, 5) is 18.2. The van der Waals surface area contributed by atoms with Gasteiger partial charge in [0.2, 0.25) is 0 Å². The second kappa shape index (κ2) is 9.85. The number of carbonyl (C=O) groups excluding carboxylic acids is 1. The molecule has 0 saturated carbocycles. The molecule has 0 unspecified atom stereocenters. The summed E-state index contributed by atoms with van der Waals surface area (Å²) < 4.78 is 11.3. The fraction of sp³-hybridized carbons (Fsp3) is 0.625. The minimum absolute atomic E-state index is 0.322. The van der Waals surface area contributed by atoms with Gasteiger partial charge in [0.25, 0.3) is 0 Å². The Morgan fingerprint density at radius 2 is 2.09 bits per heavy atom. The molecule has 0 saturated heterocycles. The standard InChI is InChI=1S/C16H26BrN3O3/c1-16(2,3)23-15(21)20(10-11-22-4)9-8-18-12-13-6-5-7-14(17)19-13/h5-7,18H,8-12H2,1-4H3. The molecule has 7 heteroatoms. The zero-order valence-electron chi connectivity index (χ0n) is 14.3. The fourth-order valence-electron chi connectivity index (χ4n) is 1.80. The first kappa shape index (κ1) is 19.9. The normalized spacial score (nSPS) is 11.3. The summed E-state index contributed by atoms with van der Waals surface area (Å²) in [6.07, 6.45) is -0.322. The van der Waals surface area contributed by atoms with Crippen LogP contribution < -0.4 is 5.32 Å². The predicted octanol–water partition coefficient (Wildman–Crippen LogP) is 2.82. The minimum Gasteiger partial charge on any atom is -0.444 e. The van der Waals surface area contributed by atoms with Crippen LogP contribution in [0.4, 0.5) is 4.79 Å². The second-order valence-electron chi connectivity index (χ2n) is 6.09. The number of nitrogens with zero attached hydrogens (tertiary/aromatic N) is 2. The van der Waals surface area contributed by atoms with Gasteiger partial charge in [-0.25, -0.2) is 9.78 Å². The lowest BCUT2D eigenvalue weighted by molar-refractivity contribution is 0.0204. The maximum absolute atomic E-state index is 12.2. The summed E-state index contributed by atoms with van der Waals surface area (Å²) >= 11 is 3.35. The molecule has 0 aliphatic carbocycles. The second-order valence-corrected chi connectivity index (χ2v) is 6.90. The molecular formula is C16H26BrN3O3. The van der Waals surface area contributed by atoms with Crippen molar-refractivity contribution in [2.24, 2.45) is 0 Å². The van der Waals surface area contributed by atoms with Crippen molar-refractivity contribution >= 4 is 22.0 Å². The number of hydrogen-bond donors (Lipinski definition) is 1. The van der Waals surface area contributed by atoms with Crippen LogP contribution in [0.1, 0.15) is 26.5 Å². The van der Waals surface area contributed by atoms with E-state index in [-0.39, 0.29) is 6.09 Å². The van der Waals surface area contributed by atoms with Crippen LogP contribution in [0.3, 0.4) is 0 Å². The predicted molar refractivity (Wildman–Crippen MR) is 93.3 cm³/mol. The number of rotatable bonds is 8. The average molecular weight is 388 g/mol. The Hall–Kier alpha value is -1.18. The van der Waals surface area contributed by atoms with Crippen LogP contribution in [-0.2, 0) is 16.0 Å². The zero-order valence-corrected chi connectivity index (χ0v) is 15.9. The molecule has 1 N–H and O–H groups in total. The highest BCUT2D eigenvalue weighted by Gasteiger charge is 2.21. The topological polar surface area (TPSA) is 63.7 Å². The molecule has 0 fully saturated rings. The third kappa shape index (κ3) is 8.88. The summed E-state index contributed by atoms with van der Waals surface area (Å²) in [6, 6.07) is 5.78. The molecule has 130 valence electrons. The Balaban J connectivity index is 2.42. The molecule has 0 bridgehead atoms. The lowest BCUT2D eigenvalue weighted by atomic mass is 10.2. The number of pyridine rings is 1. The van der Waals surface area contributed by atoms with Crippen molar-refractivity contribution in [1.29, 1.82) is 0 Å². The molecule has 1 rings (SSSR count). The van der Waals surface area contributed by atoms with Gasteiger partial charge in [0.15, 0.2) is 0 Å². The molecule has 1 amide bonds. The quantitative estimate of drug-likeness (QED) is 0.548. The number of hydrogen-bond acceptors (Lipinski definition) is 5. The van der Waals surface area contributed by atoms with E-state index < -0.39 is 5.60 Å². The van der Waals surface area contributed by atoms with Crippen molar-refractivity contribution < 1.29 is 14.3 Å². The van der Waals surface area contributed by atoms with E-state index in [9.17, 15) is 4.79 Å². The molecule has 0 aliphatic heterocycles. The molecular weight excluding hydrogens is 362 g/mol. The number of methoxy groups -OCH3 is 1. The zero-order chi connectivity index (χ0) is 17.3. The first-order valence-electron chi connectivity index (χ1n) is 7.61. The minimum atomic E-state index is -0.504. The highest BCUT2D eigenvalue weighted by molar-refractivity contribution is 9.10. The van der Waals surface area contributed by atoms with Gasteiger partial charge in [-0.15, -0.1) is 0 Å². The summed E-state index contributed by atoms with van der Waals surface area (Å²) in [5.41, 5.74) is 0.441. The molecule has 0 aliphatic rings. The number of nitrogens with one attached hydrogen (secondary N) is 1. The number of halogens is 1. The molecule has 1 aromatic rings. The Morgan fingerprint density at radius 3 is 2.70 bits per heavy atom. The van der Waals surface area contributed by atoms with Gasteiger partial charge in [0.05, 0.1) is 12.3 Å². The molecule has 0 spiro atoms. The SMILES string of the molecule is COCCN(CCNCc1cccc(Br)n1)C(=O)OC(C)(C)C. The van der Waals surface area contributed by atoms with Crippen molar-refractivity contribution in [3.05, 3.63) is 28.5 Å². The summed E-state index contributed by atoms with van der Waals surface area (Å²) in [5, 5.41) is 3.28. The smallest absolute Gasteiger partial charge is 0.410 e. The van der Waals surface area contributed by atoms with Crippen LogP contribution in [-0.4, -0.2) is 54.9 Å². The summed E-state index contributed by atoms with van der Waals surface area (Å²) in [6.45, 7) is 8.40. The number of aromatic nitrogens is 1. The number of ether oxygens (including phenoxy) is 2. The van der Waals surface area contributed by atoms with Crippen molar-refractivity contribution in [2.75, 3.05) is 33.4 Å². The van der Waals surface area contributed by atoms with Gasteiger partial charge in [-0.1, -0.05) is 6.07 Å². The van der Waals surface area contributed by atoms with Gasteiger partial charge >= 0.3 is 6.09 Å². The molecule has 1 aromatic heterocycles.